The lowest BCUT2D eigenvalue weighted by atomic mass is 10.1. The van der Waals surface area contributed by atoms with Crippen molar-refractivity contribution in [2.75, 3.05) is 12.3 Å². The van der Waals surface area contributed by atoms with E-state index in [0.29, 0.717) is 18.7 Å². The van der Waals surface area contributed by atoms with E-state index in [1.165, 1.54) is 4.88 Å². The smallest absolute Gasteiger partial charge is 0.224 e. The van der Waals surface area contributed by atoms with Crippen LogP contribution < -0.4 is 11.1 Å². The number of halogens is 1. The van der Waals surface area contributed by atoms with Crippen molar-refractivity contribution >= 4 is 38.9 Å². The Morgan fingerprint density at radius 3 is 2.84 bits per heavy atom. The molecule has 100 valence electrons. The zero-order valence-electron chi connectivity index (χ0n) is 10.4. The topological polar surface area (TPSA) is 55.1 Å². The first-order valence-electron chi connectivity index (χ1n) is 5.99. The monoisotopic (exact) mass is 338 g/mol. The number of hydrogen-bond donors (Lipinski definition) is 2. The van der Waals surface area contributed by atoms with Crippen molar-refractivity contribution < 1.29 is 4.79 Å². The number of anilines is 1. The number of thiophene rings is 1. The standard InChI is InChI=1S/C14H15BrN2OS/c15-13-5-4-12(19-13)6-7-17-14(18)9-10-2-1-3-11(16)8-10/h1-5,8H,6-7,9,16H2,(H,17,18). The molecular weight excluding hydrogens is 324 g/mol. The molecule has 2 aromatic rings. The van der Waals surface area contributed by atoms with Gasteiger partial charge in [0.15, 0.2) is 0 Å². The van der Waals surface area contributed by atoms with Crippen LogP contribution in [-0.4, -0.2) is 12.5 Å². The lowest BCUT2D eigenvalue weighted by Gasteiger charge is -2.05. The number of carbonyl (C=O) groups excluding carboxylic acids is 1. The first-order valence-corrected chi connectivity index (χ1v) is 7.60. The molecular formula is C14H15BrN2OS. The molecule has 0 bridgehead atoms. The number of nitrogens with one attached hydrogen (secondary N) is 1. The van der Waals surface area contributed by atoms with Gasteiger partial charge in [0, 0.05) is 17.1 Å². The summed E-state index contributed by atoms with van der Waals surface area (Å²) in [5, 5.41) is 2.92. The van der Waals surface area contributed by atoms with Crippen molar-refractivity contribution in [1.82, 2.24) is 5.32 Å². The van der Waals surface area contributed by atoms with Gasteiger partial charge in [0.05, 0.1) is 10.2 Å². The largest absolute Gasteiger partial charge is 0.399 e. The minimum Gasteiger partial charge on any atom is -0.399 e. The van der Waals surface area contributed by atoms with E-state index in [1.54, 1.807) is 11.3 Å². The fourth-order valence-electron chi connectivity index (χ4n) is 1.76. The van der Waals surface area contributed by atoms with Crippen molar-refractivity contribution in [1.29, 1.82) is 0 Å². The van der Waals surface area contributed by atoms with E-state index >= 15 is 0 Å². The van der Waals surface area contributed by atoms with Gasteiger partial charge in [0.1, 0.15) is 0 Å². The second-order valence-electron chi connectivity index (χ2n) is 4.23. The summed E-state index contributed by atoms with van der Waals surface area (Å²) >= 11 is 5.12. The highest BCUT2D eigenvalue weighted by atomic mass is 79.9. The van der Waals surface area contributed by atoms with Crippen molar-refractivity contribution in [3.8, 4) is 0 Å². The van der Waals surface area contributed by atoms with Crippen LogP contribution in [0.2, 0.25) is 0 Å². The van der Waals surface area contributed by atoms with Gasteiger partial charge in [0.2, 0.25) is 5.91 Å². The summed E-state index contributed by atoms with van der Waals surface area (Å²) < 4.78 is 1.12. The molecule has 1 aromatic heterocycles. The summed E-state index contributed by atoms with van der Waals surface area (Å²) in [5.74, 6) is 0.0289. The van der Waals surface area contributed by atoms with Crippen LogP contribution >= 0.6 is 27.3 Å². The van der Waals surface area contributed by atoms with Crippen molar-refractivity contribution in [2.45, 2.75) is 12.8 Å². The lowest BCUT2D eigenvalue weighted by Crippen LogP contribution is -2.27. The molecule has 1 heterocycles. The van der Waals surface area contributed by atoms with Gasteiger partial charge in [-0.2, -0.15) is 0 Å². The molecule has 0 unspecified atom stereocenters. The summed E-state index contributed by atoms with van der Waals surface area (Å²) in [7, 11) is 0. The molecule has 0 radical (unpaired) electrons. The molecule has 19 heavy (non-hydrogen) atoms. The first kappa shape index (κ1) is 14.1. The summed E-state index contributed by atoms with van der Waals surface area (Å²) in [4.78, 5) is 13.0. The van der Waals surface area contributed by atoms with Crippen LogP contribution in [-0.2, 0) is 17.6 Å². The predicted molar refractivity (Wildman–Crippen MR) is 83.3 cm³/mol. The molecule has 0 saturated heterocycles. The number of rotatable bonds is 5. The third-order valence-electron chi connectivity index (χ3n) is 2.64. The molecule has 0 aliphatic heterocycles. The predicted octanol–water partition coefficient (Wildman–Crippen LogP) is 2.99. The number of benzene rings is 1. The second kappa shape index (κ2) is 6.73. The fraction of sp³-hybridized carbons (Fsp3) is 0.214. The van der Waals surface area contributed by atoms with Crippen LogP contribution in [0.4, 0.5) is 5.69 Å². The average molecular weight is 339 g/mol. The molecule has 3 nitrogen and oxygen atoms in total. The van der Waals surface area contributed by atoms with Gasteiger partial charge in [-0.05, 0) is 52.2 Å². The van der Waals surface area contributed by atoms with Crippen molar-refractivity contribution in [2.24, 2.45) is 0 Å². The molecule has 0 fully saturated rings. The summed E-state index contributed by atoms with van der Waals surface area (Å²) in [6, 6.07) is 11.5. The molecule has 0 aliphatic carbocycles. The maximum Gasteiger partial charge on any atom is 0.224 e. The Kier molecular flexibility index (Phi) is 4.99. The molecule has 2 rings (SSSR count). The first-order chi connectivity index (χ1) is 9.13. The van der Waals surface area contributed by atoms with Crippen LogP contribution in [0.25, 0.3) is 0 Å². The van der Waals surface area contributed by atoms with Gasteiger partial charge in [-0.1, -0.05) is 12.1 Å². The summed E-state index contributed by atoms with van der Waals surface area (Å²) in [5.41, 5.74) is 7.31. The minimum atomic E-state index is 0.0289. The molecule has 0 atom stereocenters. The summed E-state index contributed by atoms with van der Waals surface area (Å²) in [6.07, 6.45) is 1.23. The number of nitrogen functional groups attached to an aromatic ring is 1. The Hall–Kier alpha value is -1.33. The van der Waals surface area contributed by atoms with Gasteiger partial charge in [-0.25, -0.2) is 0 Å². The van der Waals surface area contributed by atoms with Gasteiger partial charge < -0.3 is 11.1 Å². The van der Waals surface area contributed by atoms with Crippen LogP contribution in [0.1, 0.15) is 10.4 Å². The fourth-order valence-corrected chi connectivity index (χ4v) is 3.24. The van der Waals surface area contributed by atoms with E-state index in [0.717, 1.165) is 15.8 Å². The Bertz CT molecular complexity index is 568. The van der Waals surface area contributed by atoms with Crippen LogP contribution in [0.5, 0.6) is 0 Å². The second-order valence-corrected chi connectivity index (χ2v) is 6.78. The van der Waals surface area contributed by atoms with Crippen LogP contribution in [0.3, 0.4) is 0 Å². The van der Waals surface area contributed by atoms with Gasteiger partial charge in [-0.3, -0.25) is 4.79 Å². The molecule has 1 amide bonds. The molecule has 0 saturated carbocycles. The zero-order valence-corrected chi connectivity index (χ0v) is 12.8. The number of nitrogens with two attached hydrogens (primary N) is 1. The number of hydrogen-bond acceptors (Lipinski definition) is 3. The summed E-state index contributed by atoms with van der Waals surface area (Å²) in [6.45, 7) is 0.661. The number of carbonyl (C=O) groups is 1. The third kappa shape index (κ3) is 4.69. The van der Waals surface area contributed by atoms with E-state index in [1.807, 2.05) is 30.3 Å². The molecule has 0 spiro atoms. The molecule has 3 N–H and O–H groups in total. The number of amides is 1. The van der Waals surface area contributed by atoms with Gasteiger partial charge in [0.25, 0.3) is 0 Å². The van der Waals surface area contributed by atoms with Crippen molar-refractivity contribution in [3.05, 3.63) is 50.6 Å². The Morgan fingerprint density at radius 1 is 1.32 bits per heavy atom. The normalized spacial score (nSPS) is 10.4. The van der Waals surface area contributed by atoms with Crippen LogP contribution in [0.15, 0.2) is 40.2 Å². The minimum absolute atomic E-state index is 0.0289. The van der Waals surface area contributed by atoms with E-state index in [4.69, 9.17) is 5.73 Å². The average Bonchev–Trinajstić information content (AvgIpc) is 2.75. The van der Waals surface area contributed by atoms with E-state index < -0.39 is 0 Å². The highest BCUT2D eigenvalue weighted by Gasteiger charge is 2.04. The van der Waals surface area contributed by atoms with Crippen molar-refractivity contribution in [3.63, 3.8) is 0 Å². The Balaban J connectivity index is 1.76. The quantitative estimate of drug-likeness (QED) is 0.823. The Labute approximate surface area is 125 Å². The third-order valence-corrected chi connectivity index (χ3v) is 4.32. The highest BCUT2D eigenvalue weighted by molar-refractivity contribution is 9.11. The molecule has 1 aromatic carbocycles. The van der Waals surface area contributed by atoms with E-state index in [-0.39, 0.29) is 5.91 Å². The lowest BCUT2D eigenvalue weighted by molar-refractivity contribution is -0.120. The van der Waals surface area contributed by atoms with Gasteiger partial charge in [-0.15, -0.1) is 11.3 Å². The zero-order chi connectivity index (χ0) is 13.7. The molecule has 5 heteroatoms. The van der Waals surface area contributed by atoms with Gasteiger partial charge >= 0.3 is 0 Å². The highest BCUT2D eigenvalue weighted by Crippen LogP contribution is 2.22. The van der Waals surface area contributed by atoms with Crippen LogP contribution in [0, 0.1) is 0 Å². The maximum absolute atomic E-state index is 11.8. The SMILES string of the molecule is Nc1cccc(CC(=O)NCCc2ccc(Br)s2)c1. The van der Waals surface area contributed by atoms with E-state index in [9.17, 15) is 4.79 Å². The Morgan fingerprint density at radius 2 is 2.16 bits per heavy atom. The molecule has 0 aliphatic rings. The maximum atomic E-state index is 11.8. The van der Waals surface area contributed by atoms with E-state index in [2.05, 4.69) is 27.3 Å².